The Bertz CT molecular complexity index is 919. The molecule has 6 nitrogen and oxygen atoms in total. The van der Waals surface area contributed by atoms with E-state index in [2.05, 4.69) is 5.32 Å². The van der Waals surface area contributed by atoms with E-state index in [0.717, 1.165) is 6.26 Å². The lowest BCUT2D eigenvalue weighted by Crippen LogP contribution is -2.31. The van der Waals surface area contributed by atoms with Gasteiger partial charge >= 0.3 is 0 Å². The fourth-order valence-corrected chi connectivity index (χ4v) is 3.80. The molecule has 27 heavy (non-hydrogen) atoms. The minimum absolute atomic E-state index is 0.115. The van der Waals surface area contributed by atoms with Crippen LogP contribution in [0.15, 0.2) is 42.5 Å². The molecule has 0 aliphatic rings. The summed E-state index contributed by atoms with van der Waals surface area (Å²) in [6, 6.07) is 11.6. The fourth-order valence-electron chi connectivity index (χ4n) is 2.49. The van der Waals surface area contributed by atoms with Gasteiger partial charge < -0.3 is 10.1 Å². The van der Waals surface area contributed by atoms with Crippen LogP contribution in [-0.2, 0) is 14.8 Å². The van der Waals surface area contributed by atoms with Crippen molar-refractivity contribution in [2.24, 2.45) is 0 Å². The average molecular weight is 431 g/mol. The Labute approximate surface area is 169 Å². The predicted octanol–water partition coefficient (Wildman–Crippen LogP) is 4.19. The van der Waals surface area contributed by atoms with Gasteiger partial charge in [0.1, 0.15) is 5.75 Å². The number of nitrogens with one attached hydrogen (secondary N) is 1. The number of ether oxygens (including phenoxy) is 1. The first-order valence-electron chi connectivity index (χ1n) is 8.08. The van der Waals surface area contributed by atoms with Crippen molar-refractivity contribution in [3.05, 3.63) is 52.5 Å². The van der Waals surface area contributed by atoms with Crippen LogP contribution < -0.4 is 14.4 Å². The van der Waals surface area contributed by atoms with Crippen molar-refractivity contribution >= 4 is 50.5 Å². The summed E-state index contributed by atoms with van der Waals surface area (Å²) in [6.45, 7) is 0.135. The van der Waals surface area contributed by atoms with Gasteiger partial charge in [0.25, 0.3) is 0 Å². The van der Waals surface area contributed by atoms with E-state index in [1.165, 1.54) is 11.4 Å². The molecule has 2 aromatic carbocycles. The highest BCUT2D eigenvalue weighted by atomic mass is 35.5. The quantitative estimate of drug-likeness (QED) is 0.680. The summed E-state index contributed by atoms with van der Waals surface area (Å²) in [4.78, 5) is 12.2. The summed E-state index contributed by atoms with van der Waals surface area (Å²) < 4.78 is 30.8. The average Bonchev–Trinajstić information content (AvgIpc) is 2.61. The lowest BCUT2D eigenvalue weighted by molar-refractivity contribution is -0.116. The summed E-state index contributed by atoms with van der Waals surface area (Å²) in [7, 11) is -2.06. The van der Waals surface area contributed by atoms with Gasteiger partial charge in [-0.05, 0) is 36.8 Å². The van der Waals surface area contributed by atoms with E-state index in [1.807, 2.05) is 0 Å². The SMILES string of the molecule is COc1ccccc1N(CCCC(=O)Nc1cc(Cl)ccc1Cl)S(C)(=O)=O. The van der Waals surface area contributed by atoms with Crippen LogP contribution in [0.25, 0.3) is 0 Å². The number of carbonyl (C=O) groups is 1. The van der Waals surface area contributed by atoms with E-state index in [9.17, 15) is 13.2 Å². The van der Waals surface area contributed by atoms with Gasteiger partial charge in [-0.1, -0.05) is 35.3 Å². The topological polar surface area (TPSA) is 75.7 Å². The minimum Gasteiger partial charge on any atom is -0.495 e. The second kappa shape index (κ2) is 9.30. The number of amides is 1. The van der Waals surface area contributed by atoms with Gasteiger partial charge in [-0.25, -0.2) is 8.42 Å². The van der Waals surface area contributed by atoms with Crippen LogP contribution in [0.1, 0.15) is 12.8 Å². The molecule has 0 aliphatic heterocycles. The number of anilines is 2. The molecule has 1 amide bonds. The first kappa shape index (κ1) is 21.3. The predicted molar refractivity (Wildman–Crippen MR) is 110 cm³/mol. The van der Waals surface area contributed by atoms with E-state index >= 15 is 0 Å². The maximum absolute atomic E-state index is 12.2. The van der Waals surface area contributed by atoms with Crippen LogP contribution in [0.2, 0.25) is 10.0 Å². The van der Waals surface area contributed by atoms with Crippen molar-refractivity contribution in [3.8, 4) is 5.75 Å². The molecule has 0 radical (unpaired) electrons. The first-order valence-corrected chi connectivity index (χ1v) is 10.7. The monoisotopic (exact) mass is 430 g/mol. The summed E-state index contributed by atoms with van der Waals surface area (Å²) in [5.41, 5.74) is 0.847. The van der Waals surface area contributed by atoms with Crippen molar-refractivity contribution in [2.45, 2.75) is 12.8 Å². The Hall–Kier alpha value is -1.96. The largest absolute Gasteiger partial charge is 0.495 e. The molecule has 0 bridgehead atoms. The zero-order chi connectivity index (χ0) is 20.0. The Morgan fingerprint density at radius 1 is 1.19 bits per heavy atom. The molecular formula is C18H20Cl2N2O4S. The molecule has 0 spiro atoms. The maximum Gasteiger partial charge on any atom is 0.232 e. The molecule has 2 rings (SSSR count). The van der Waals surface area contributed by atoms with Gasteiger partial charge in [-0.3, -0.25) is 9.10 Å². The lowest BCUT2D eigenvalue weighted by Gasteiger charge is -2.24. The second-order valence-corrected chi connectivity index (χ2v) is 8.53. The van der Waals surface area contributed by atoms with Gasteiger partial charge in [-0.15, -0.1) is 0 Å². The molecule has 0 aliphatic carbocycles. The fraction of sp³-hybridized carbons (Fsp3) is 0.278. The van der Waals surface area contributed by atoms with Crippen molar-refractivity contribution in [1.82, 2.24) is 0 Å². The number of para-hydroxylation sites is 2. The van der Waals surface area contributed by atoms with E-state index in [-0.39, 0.29) is 18.9 Å². The summed E-state index contributed by atoms with van der Waals surface area (Å²) in [6.07, 6.45) is 1.55. The maximum atomic E-state index is 12.2. The van der Waals surface area contributed by atoms with Gasteiger partial charge in [0.05, 0.1) is 29.8 Å². The highest BCUT2D eigenvalue weighted by Gasteiger charge is 2.21. The summed E-state index contributed by atoms with van der Waals surface area (Å²) >= 11 is 11.9. The van der Waals surface area contributed by atoms with Crippen LogP contribution in [0.5, 0.6) is 5.75 Å². The number of rotatable bonds is 8. The Balaban J connectivity index is 2.04. The van der Waals surface area contributed by atoms with Crippen LogP contribution in [0, 0.1) is 0 Å². The molecule has 2 aromatic rings. The molecule has 9 heteroatoms. The van der Waals surface area contributed by atoms with E-state index < -0.39 is 10.0 Å². The normalized spacial score (nSPS) is 11.1. The molecule has 0 aromatic heterocycles. The number of carbonyl (C=O) groups excluding carboxylic acids is 1. The Morgan fingerprint density at radius 3 is 2.56 bits per heavy atom. The molecule has 0 unspecified atom stereocenters. The van der Waals surface area contributed by atoms with E-state index in [1.54, 1.807) is 42.5 Å². The summed E-state index contributed by atoms with van der Waals surface area (Å²) in [5, 5.41) is 3.51. The molecule has 0 fully saturated rings. The molecule has 146 valence electrons. The van der Waals surface area contributed by atoms with Crippen LogP contribution >= 0.6 is 23.2 Å². The smallest absolute Gasteiger partial charge is 0.232 e. The lowest BCUT2D eigenvalue weighted by atomic mass is 10.2. The molecule has 0 saturated heterocycles. The van der Waals surface area contributed by atoms with Crippen LogP contribution in [-0.4, -0.2) is 34.2 Å². The number of nitrogens with zero attached hydrogens (tertiary/aromatic N) is 1. The zero-order valence-corrected chi connectivity index (χ0v) is 17.2. The molecule has 1 N–H and O–H groups in total. The highest BCUT2D eigenvalue weighted by molar-refractivity contribution is 7.92. The van der Waals surface area contributed by atoms with Crippen LogP contribution in [0.4, 0.5) is 11.4 Å². The molecular weight excluding hydrogens is 411 g/mol. The second-order valence-electron chi connectivity index (χ2n) is 5.78. The number of sulfonamides is 1. The summed E-state index contributed by atoms with van der Waals surface area (Å²) in [5.74, 6) is 0.158. The van der Waals surface area contributed by atoms with Crippen molar-refractivity contribution in [3.63, 3.8) is 0 Å². The zero-order valence-electron chi connectivity index (χ0n) is 14.9. The van der Waals surface area contributed by atoms with Crippen molar-refractivity contribution < 1.29 is 17.9 Å². The third-order valence-electron chi connectivity index (χ3n) is 3.72. The number of hydrogen-bond donors (Lipinski definition) is 1. The van der Waals surface area contributed by atoms with Gasteiger partial charge in [0, 0.05) is 18.0 Å². The highest BCUT2D eigenvalue weighted by Crippen LogP contribution is 2.30. The Kier molecular flexibility index (Phi) is 7.35. The molecule has 0 saturated carbocycles. The number of hydrogen-bond acceptors (Lipinski definition) is 4. The van der Waals surface area contributed by atoms with Crippen molar-refractivity contribution in [1.29, 1.82) is 0 Å². The van der Waals surface area contributed by atoms with E-state index in [0.29, 0.717) is 33.6 Å². The standard InChI is InChI=1S/C18H20Cl2N2O4S/c1-26-17-7-4-3-6-16(17)22(27(2,24)25)11-5-8-18(23)21-15-12-13(19)9-10-14(15)20/h3-4,6-7,9-10,12H,5,8,11H2,1-2H3,(H,21,23). The van der Waals surface area contributed by atoms with Gasteiger partial charge in [0.15, 0.2) is 0 Å². The number of benzene rings is 2. The van der Waals surface area contributed by atoms with Crippen molar-refractivity contribution in [2.75, 3.05) is 29.5 Å². The minimum atomic E-state index is -3.54. The number of halogens is 2. The molecule has 0 heterocycles. The third kappa shape index (κ3) is 6.02. The van der Waals surface area contributed by atoms with Gasteiger partial charge in [0.2, 0.25) is 15.9 Å². The Morgan fingerprint density at radius 2 is 1.89 bits per heavy atom. The van der Waals surface area contributed by atoms with E-state index in [4.69, 9.17) is 27.9 Å². The first-order chi connectivity index (χ1) is 12.7. The number of methoxy groups -OCH3 is 1. The molecule has 0 atom stereocenters. The van der Waals surface area contributed by atoms with Crippen LogP contribution in [0.3, 0.4) is 0 Å². The third-order valence-corrected chi connectivity index (χ3v) is 5.47. The van der Waals surface area contributed by atoms with Gasteiger partial charge in [-0.2, -0.15) is 0 Å².